The van der Waals surface area contributed by atoms with E-state index in [9.17, 15) is 4.79 Å². The first-order chi connectivity index (χ1) is 13.1. The van der Waals surface area contributed by atoms with Crippen LogP contribution in [0.3, 0.4) is 0 Å². The lowest BCUT2D eigenvalue weighted by molar-refractivity contribution is -0.120. The number of amides is 1. The van der Waals surface area contributed by atoms with Crippen molar-refractivity contribution in [3.8, 4) is 0 Å². The van der Waals surface area contributed by atoms with Gasteiger partial charge in [0.25, 0.3) is 0 Å². The van der Waals surface area contributed by atoms with Crippen LogP contribution in [0, 0.1) is 5.92 Å². The van der Waals surface area contributed by atoms with Gasteiger partial charge in [-0.05, 0) is 37.1 Å². The zero-order chi connectivity index (χ0) is 18.8. The molecular formula is C19H23N7O. The second kappa shape index (κ2) is 7.30. The van der Waals surface area contributed by atoms with Crippen LogP contribution in [0.15, 0.2) is 36.7 Å². The van der Waals surface area contributed by atoms with Crippen LogP contribution in [0.2, 0.25) is 0 Å². The van der Waals surface area contributed by atoms with E-state index in [4.69, 9.17) is 5.10 Å². The van der Waals surface area contributed by atoms with E-state index in [1.165, 1.54) is 0 Å². The molecule has 1 N–H and O–H groups in total. The smallest absolute Gasteiger partial charge is 0.229 e. The minimum atomic E-state index is -0.0815. The van der Waals surface area contributed by atoms with Crippen molar-refractivity contribution in [2.45, 2.75) is 32.6 Å². The summed E-state index contributed by atoms with van der Waals surface area (Å²) in [5, 5.41) is 16.1. The highest BCUT2D eigenvalue weighted by atomic mass is 16.1. The van der Waals surface area contributed by atoms with Crippen LogP contribution >= 0.6 is 0 Å². The molecule has 1 atom stereocenters. The SMILES string of the molecule is CC(C)c1nnc2ccc(N3CCC[C@@H](C(=O)Nc4cccnc4)C3)nn12. The van der Waals surface area contributed by atoms with E-state index in [1.807, 2.05) is 24.3 Å². The quantitative estimate of drug-likeness (QED) is 0.764. The molecule has 0 radical (unpaired) electrons. The number of piperidine rings is 1. The fourth-order valence-corrected chi connectivity index (χ4v) is 3.40. The largest absolute Gasteiger partial charge is 0.354 e. The normalized spacial score (nSPS) is 17.4. The average molecular weight is 365 g/mol. The Labute approximate surface area is 157 Å². The monoisotopic (exact) mass is 365 g/mol. The number of pyridine rings is 1. The summed E-state index contributed by atoms with van der Waals surface area (Å²) in [5.74, 6) is 1.88. The summed E-state index contributed by atoms with van der Waals surface area (Å²) in [7, 11) is 0. The predicted octanol–water partition coefficient (Wildman–Crippen LogP) is 2.50. The predicted molar refractivity (Wildman–Crippen MR) is 103 cm³/mol. The van der Waals surface area contributed by atoms with E-state index in [1.54, 1.807) is 16.9 Å². The van der Waals surface area contributed by atoms with Crippen molar-refractivity contribution in [2.24, 2.45) is 5.92 Å². The van der Waals surface area contributed by atoms with Crippen LogP contribution in [-0.2, 0) is 4.79 Å². The molecule has 0 spiro atoms. The fourth-order valence-electron chi connectivity index (χ4n) is 3.40. The van der Waals surface area contributed by atoms with Gasteiger partial charge in [-0.15, -0.1) is 15.3 Å². The van der Waals surface area contributed by atoms with Crippen molar-refractivity contribution >= 4 is 23.1 Å². The number of nitrogens with zero attached hydrogens (tertiary/aromatic N) is 6. The molecular weight excluding hydrogens is 342 g/mol. The third-order valence-electron chi connectivity index (χ3n) is 4.83. The van der Waals surface area contributed by atoms with Gasteiger partial charge in [-0.2, -0.15) is 4.52 Å². The van der Waals surface area contributed by atoms with Crippen LogP contribution in [0.1, 0.15) is 38.4 Å². The molecule has 1 amide bonds. The minimum Gasteiger partial charge on any atom is -0.354 e. The molecule has 3 aromatic heterocycles. The molecule has 0 aromatic carbocycles. The van der Waals surface area contributed by atoms with E-state index < -0.39 is 0 Å². The third-order valence-corrected chi connectivity index (χ3v) is 4.83. The molecule has 140 valence electrons. The second-order valence-electron chi connectivity index (χ2n) is 7.19. The van der Waals surface area contributed by atoms with Crippen LogP contribution in [0.4, 0.5) is 11.5 Å². The van der Waals surface area contributed by atoms with Crippen molar-refractivity contribution in [2.75, 3.05) is 23.3 Å². The maximum Gasteiger partial charge on any atom is 0.229 e. The minimum absolute atomic E-state index is 0.0287. The zero-order valence-electron chi connectivity index (χ0n) is 15.5. The van der Waals surface area contributed by atoms with Gasteiger partial charge in [-0.3, -0.25) is 9.78 Å². The Morgan fingerprint density at radius 1 is 1.26 bits per heavy atom. The van der Waals surface area contributed by atoms with E-state index in [-0.39, 0.29) is 17.7 Å². The maximum absolute atomic E-state index is 12.6. The first-order valence-corrected chi connectivity index (χ1v) is 9.30. The molecule has 0 saturated carbocycles. The van der Waals surface area contributed by atoms with Gasteiger partial charge in [-0.25, -0.2) is 0 Å². The summed E-state index contributed by atoms with van der Waals surface area (Å²) in [6.07, 6.45) is 5.17. The summed E-state index contributed by atoms with van der Waals surface area (Å²) in [6, 6.07) is 7.55. The number of carbonyl (C=O) groups is 1. The Bertz CT molecular complexity index is 938. The number of carbonyl (C=O) groups excluding carboxylic acids is 1. The molecule has 4 rings (SSSR count). The lowest BCUT2D eigenvalue weighted by atomic mass is 9.97. The van der Waals surface area contributed by atoms with E-state index in [0.29, 0.717) is 6.54 Å². The van der Waals surface area contributed by atoms with Gasteiger partial charge in [-0.1, -0.05) is 13.8 Å². The van der Waals surface area contributed by atoms with Crippen molar-refractivity contribution in [3.05, 3.63) is 42.5 Å². The van der Waals surface area contributed by atoms with Crippen LogP contribution in [0.5, 0.6) is 0 Å². The number of hydrogen-bond donors (Lipinski definition) is 1. The van der Waals surface area contributed by atoms with Gasteiger partial charge in [0.05, 0.1) is 17.8 Å². The molecule has 0 aliphatic carbocycles. The molecule has 27 heavy (non-hydrogen) atoms. The Balaban J connectivity index is 1.51. The van der Waals surface area contributed by atoms with Crippen LogP contribution in [-0.4, -0.2) is 43.8 Å². The Morgan fingerprint density at radius 2 is 2.15 bits per heavy atom. The van der Waals surface area contributed by atoms with Crippen LogP contribution in [0.25, 0.3) is 5.65 Å². The number of hydrogen-bond acceptors (Lipinski definition) is 6. The van der Waals surface area contributed by atoms with Gasteiger partial charge in [0, 0.05) is 25.2 Å². The molecule has 0 unspecified atom stereocenters. The number of fused-ring (bicyclic) bond motifs is 1. The fraction of sp³-hybridized carbons (Fsp3) is 0.421. The van der Waals surface area contributed by atoms with Crippen molar-refractivity contribution in [1.29, 1.82) is 0 Å². The Kier molecular flexibility index (Phi) is 4.70. The van der Waals surface area contributed by atoms with Gasteiger partial charge >= 0.3 is 0 Å². The highest BCUT2D eigenvalue weighted by Crippen LogP contribution is 2.24. The molecule has 8 heteroatoms. The molecule has 1 aliphatic heterocycles. The molecule has 1 aliphatic rings. The van der Waals surface area contributed by atoms with Gasteiger partial charge in [0.2, 0.25) is 5.91 Å². The molecule has 3 aromatic rings. The first kappa shape index (κ1) is 17.4. The zero-order valence-corrected chi connectivity index (χ0v) is 15.5. The summed E-state index contributed by atoms with van der Waals surface area (Å²) in [6.45, 7) is 5.67. The maximum atomic E-state index is 12.6. The highest BCUT2D eigenvalue weighted by Gasteiger charge is 2.27. The molecule has 0 bridgehead atoms. The van der Waals surface area contributed by atoms with Gasteiger partial charge in [0.1, 0.15) is 5.82 Å². The van der Waals surface area contributed by atoms with Gasteiger partial charge < -0.3 is 10.2 Å². The molecule has 8 nitrogen and oxygen atoms in total. The number of nitrogens with one attached hydrogen (secondary N) is 1. The number of anilines is 2. The first-order valence-electron chi connectivity index (χ1n) is 9.30. The van der Waals surface area contributed by atoms with E-state index in [0.717, 1.165) is 42.4 Å². The molecule has 1 fully saturated rings. The lowest BCUT2D eigenvalue weighted by Gasteiger charge is -2.32. The van der Waals surface area contributed by atoms with Crippen LogP contribution < -0.4 is 10.2 Å². The number of rotatable bonds is 4. The lowest BCUT2D eigenvalue weighted by Crippen LogP contribution is -2.41. The highest BCUT2D eigenvalue weighted by molar-refractivity contribution is 5.92. The summed E-state index contributed by atoms with van der Waals surface area (Å²) >= 11 is 0. The summed E-state index contributed by atoms with van der Waals surface area (Å²) in [4.78, 5) is 18.9. The topological polar surface area (TPSA) is 88.3 Å². The Hall–Kier alpha value is -3.03. The third kappa shape index (κ3) is 3.60. The summed E-state index contributed by atoms with van der Waals surface area (Å²) in [5.41, 5.74) is 1.47. The summed E-state index contributed by atoms with van der Waals surface area (Å²) < 4.78 is 1.80. The standard InChI is InChI=1S/C19H23N7O/c1-13(2)18-23-22-16-7-8-17(24-26(16)18)25-10-4-5-14(12-25)19(27)21-15-6-3-9-20-11-15/h3,6-9,11,13-14H,4-5,10,12H2,1-2H3,(H,21,27)/t14-/m1/s1. The Morgan fingerprint density at radius 3 is 2.93 bits per heavy atom. The van der Waals surface area contributed by atoms with Gasteiger partial charge in [0.15, 0.2) is 11.5 Å². The molecule has 1 saturated heterocycles. The van der Waals surface area contributed by atoms with E-state index in [2.05, 4.69) is 39.2 Å². The average Bonchev–Trinajstić information content (AvgIpc) is 3.12. The number of aromatic nitrogens is 5. The van der Waals surface area contributed by atoms with Crippen molar-refractivity contribution in [3.63, 3.8) is 0 Å². The second-order valence-corrected chi connectivity index (χ2v) is 7.19. The van der Waals surface area contributed by atoms with E-state index >= 15 is 0 Å². The van der Waals surface area contributed by atoms with Crippen molar-refractivity contribution in [1.82, 2.24) is 24.8 Å². The molecule has 4 heterocycles. The van der Waals surface area contributed by atoms with Crippen molar-refractivity contribution < 1.29 is 4.79 Å².